The number of carboxylic acids is 1. The molecule has 5 heteroatoms. The monoisotopic (exact) mass is 374 g/mol. The van der Waals surface area contributed by atoms with Crippen LogP contribution in [0.3, 0.4) is 0 Å². The predicted molar refractivity (Wildman–Crippen MR) is 78.1 cm³/mol. The van der Waals surface area contributed by atoms with Crippen molar-refractivity contribution in [3.05, 3.63) is 41.0 Å². The van der Waals surface area contributed by atoms with Crippen molar-refractivity contribution in [2.75, 3.05) is 0 Å². The van der Waals surface area contributed by atoms with Crippen LogP contribution in [0.2, 0.25) is 0 Å². The summed E-state index contributed by atoms with van der Waals surface area (Å²) < 4.78 is 0. The van der Waals surface area contributed by atoms with Gasteiger partial charge in [-0.1, -0.05) is 50.1 Å². The Balaban J connectivity index is 3.33. The number of Topliss-reactive ketones (excluding diaryl/α,β-unsaturated/α-hetero) is 1. The molecule has 1 atom stereocenters. The standard InChI is InChI=1S/C13H12Br2O3/c1-8(16)13(15)11-4-2-3-9(7-14)10(11)5-6-12(17)18/h2-6,13H,7H2,1H3,(H,17,18). The van der Waals surface area contributed by atoms with E-state index < -0.39 is 10.8 Å². The Morgan fingerprint density at radius 3 is 2.61 bits per heavy atom. The molecule has 0 aromatic heterocycles. The van der Waals surface area contributed by atoms with Crippen LogP contribution < -0.4 is 0 Å². The molecule has 0 saturated heterocycles. The molecule has 1 aromatic carbocycles. The average Bonchev–Trinajstić information content (AvgIpc) is 2.34. The van der Waals surface area contributed by atoms with Crippen LogP contribution in [0, 0.1) is 0 Å². The van der Waals surface area contributed by atoms with E-state index in [0.29, 0.717) is 5.33 Å². The summed E-state index contributed by atoms with van der Waals surface area (Å²) in [5.74, 6) is -1.04. The van der Waals surface area contributed by atoms with E-state index >= 15 is 0 Å². The Kier molecular flexibility index (Phi) is 5.75. The number of aliphatic carboxylic acids is 1. The Morgan fingerprint density at radius 2 is 2.11 bits per heavy atom. The fourth-order valence-corrected chi connectivity index (χ4v) is 2.44. The van der Waals surface area contributed by atoms with E-state index in [9.17, 15) is 9.59 Å². The van der Waals surface area contributed by atoms with Gasteiger partial charge < -0.3 is 5.11 Å². The lowest BCUT2D eigenvalue weighted by Crippen LogP contribution is -2.05. The first-order valence-electron chi connectivity index (χ1n) is 5.20. The highest BCUT2D eigenvalue weighted by Crippen LogP contribution is 2.30. The van der Waals surface area contributed by atoms with Gasteiger partial charge in [-0.15, -0.1) is 0 Å². The second-order valence-corrected chi connectivity index (χ2v) is 5.17. The third kappa shape index (κ3) is 3.78. The molecule has 1 N–H and O–H groups in total. The van der Waals surface area contributed by atoms with Crippen LogP contribution in [0.25, 0.3) is 6.08 Å². The van der Waals surface area contributed by atoms with Gasteiger partial charge in [0.2, 0.25) is 0 Å². The maximum Gasteiger partial charge on any atom is 0.328 e. The Morgan fingerprint density at radius 1 is 1.44 bits per heavy atom. The highest BCUT2D eigenvalue weighted by Gasteiger charge is 2.17. The van der Waals surface area contributed by atoms with E-state index in [1.165, 1.54) is 13.0 Å². The lowest BCUT2D eigenvalue weighted by molar-refractivity contribution is -0.131. The molecule has 0 aliphatic rings. The van der Waals surface area contributed by atoms with Crippen molar-refractivity contribution in [3.8, 4) is 0 Å². The molecule has 18 heavy (non-hydrogen) atoms. The average molecular weight is 376 g/mol. The molecule has 0 aliphatic heterocycles. The third-order valence-corrected chi connectivity index (χ3v) is 4.14. The zero-order valence-electron chi connectivity index (χ0n) is 9.69. The Hall–Kier alpha value is -0.940. The molecule has 1 aromatic rings. The lowest BCUT2D eigenvalue weighted by atomic mass is 9.97. The second-order valence-electron chi connectivity index (χ2n) is 3.70. The minimum Gasteiger partial charge on any atom is -0.478 e. The summed E-state index contributed by atoms with van der Waals surface area (Å²) in [4.78, 5) is 21.6. The van der Waals surface area contributed by atoms with Gasteiger partial charge in [-0.25, -0.2) is 4.79 Å². The number of carboxylic acid groups (broad SMARTS) is 1. The minimum atomic E-state index is -1.01. The van der Waals surface area contributed by atoms with Crippen LogP contribution >= 0.6 is 31.9 Å². The normalized spacial score (nSPS) is 12.6. The van der Waals surface area contributed by atoms with E-state index in [-0.39, 0.29) is 5.78 Å². The number of benzene rings is 1. The number of hydrogen-bond acceptors (Lipinski definition) is 2. The molecule has 0 aliphatic carbocycles. The van der Waals surface area contributed by atoms with E-state index in [1.807, 2.05) is 18.2 Å². The predicted octanol–water partition coefficient (Wildman–Crippen LogP) is 3.70. The molecule has 1 unspecified atom stereocenters. The van der Waals surface area contributed by atoms with Crippen LogP contribution in [0.5, 0.6) is 0 Å². The summed E-state index contributed by atoms with van der Waals surface area (Å²) in [6.45, 7) is 1.49. The van der Waals surface area contributed by atoms with Gasteiger partial charge in [-0.05, 0) is 29.7 Å². The Labute approximate surface area is 122 Å². The summed E-state index contributed by atoms with van der Waals surface area (Å²) in [7, 11) is 0. The highest BCUT2D eigenvalue weighted by atomic mass is 79.9. The largest absolute Gasteiger partial charge is 0.478 e. The van der Waals surface area contributed by atoms with Gasteiger partial charge in [0.05, 0.1) is 4.83 Å². The molecule has 1 rings (SSSR count). The van der Waals surface area contributed by atoms with Crippen molar-refractivity contribution in [2.24, 2.45) is 0 Å². The summed E-state index contributed by atoms with van der Waals surface area (Å²) in [6.07, 6.45) is 2.59. The van der Waals surface area contributed by atoms with Crippen molar-refractivity contribution < 1.29 is 14.7 Å². The van der Waals surface area contributed by atoms with Crippen LogP contribution in [0.1, 0.15) is 28.4 Å². The molecular formula is C13H12Br2O3. The van der Waals surface area contributed by atoms with Crippen molar-refractivity contribution in [1.82, 2.24) is 0 Å². The molecule has 0 heterocycles. The molecule has 0 spiro atoms. The zero-order valence-corrected chi connectivity index (χ0v) is 12.9. The first kappa shape index (κ1) is 15.1. The van der Waals surface area contributed by atoms with E-state index in [4.69, 9.17) is 5.11 Å². The van der Waals surface area contributed by atoms with E-state index in [1.54, 1.807) is 0 Å². The molecular weight excluding hydrogens is 364 g/mol. The summed E-state index contributed by atoms with van der Waals surface area (Å²) >= 11 is 6.68. The topological polar surface area (TPSA) is 54.4 Å². The fourth-order valence-electron chi connectivity index (χ4n) is 1.55. The smallest absolute Gasteiger partial charge is 0.328 e. The number of rotatable bonds is 5. The van der Waals surface area contributed by atoms with Gasteiger partial charge in [-0.3, -0.25) is 4.79 Å². The van der Waals surface area contributed by atoms with Gasteiger partial charge in [0.25, 0.3) is 0 Å². The fraction of sp³-hybridized carbons (Fsp3) is 0.231. The van der Waals surface area contributed by atoms with Gasteiger partial charge in [0.1, 0.15) is 5.78 Å². The summed E-state index contributed by atoms with van der Waals surface area (Å²) in [5.41, 5.74) is 2.47. The van der Waals surface area contributed by atoms with Gasteiger partial charge in [0, 0.05) is 11.4 Å². The molecule has 3 nitrogen and oxygen atoms in total. The zero-order chi connectivity index (χ0) is 13.7. The number of halogens is 2. The molecule has 0 amide bonds. The van der Waals surface area contributed by atoms with Crippen LogP contribution in [-0.2, 0) is 14.9 Å². The minimum absolute atomic E-state index is 0.0216. The van der Waals surface area contributed by atoms with E-state index in [2.05, 4.69) is 31.9 Å². The number of ketones is 1. The maximum absolute atomic E-state index is 11.4. The van der Waals surface area contributed by atoms with Crippen molar-refractivity contribution >= 4 is 49.7 Å². The highest BCUT2D eigenvalue weighted by molar-refractivity contribution is 9.09. The van der Waals surface area contributed by atoms with Gasteiger partial charge in [0.15, 0.2) is 0 Å². The van der Waals surface area contributed by atoms with Crippen LogP contribution in [0.15, 0.2) is 24.3 Å². The molecule has 96 valence electrons. The van der Waals surface area contributed by atoms with Crippen LogP contribution in [-0.4, -0.2) is 16.9 Å². The first-order valence-corrected chi connectivity index (χ1v) is 7.24. The number of hydrogen-bond donors (Lipinski definition) is 1. The second kappa shape index (κ2) is 6.85. The summed E-state index contributed by atoms with van der Waals surface area (Å²) in [6, 6.07) is 5.55. The van der Waals surface area contributed by atoms with Gasteiger partial charge in [-0.2, -0.15) is 0 Å². The van der Waals surface area contributed by atoms with Crippen LogP contribution in [0.4, 0.5) is 0 Å². The number of carbonyl (C=O) groups excluding carboxylic acids is 1. The molecule has 0 bridgehead atoms. The summed E-state index contributed by atoms with van der Waals surface area (Å²) in [5, 5.41) is 9.29. The Bertz CT molecular complexity index is 495. The molecule has 0 fully saturated rings. The third-order valence-electron chi connectivity index (χ3n) is 2.40. The molecule has 0 saturated carbocycles. The van der Waals surface area contributed by atoms with Gasteiger partial charge >= 0.3 is 5.97 Å². The van der Waals surface area contributed by atoms with E-state index in [0.717, 1.165) is 22.8 Å². The van der Waals surface area contributed by atoms with Crippen molar-refractivity contribution in [1.29, 1.82) is 0 Å². The SMILES string of the molecule is CC(=O)C(Br)c1cccc(CBr)c1C=CC(=O)O. The molecule has 0 radical (unpaired) electrons. The maximum atomic E-state index is 11.4. The number of alkyl halides is 2. The van der Waals surface area contributed by atoms with Crippen molar-refractivity contribution in [2.45, 2.75) is 17.1 Å². The quantitative estimate of drug-likeness (QED) is 0.630. The lowest BCUT2D eigenvalue weighted by Gasteiger charge is -2.13. The van der Waals surface area contributed by atoms with Crippen molar-refractivity contribution in [3.63, 3.8) is 0 Å². The first-order chi connectivity index (χ1) is 8.47. The number of carbonyl (C=O) groups is 2.